The SMILES string of the molecule is C[C@@H](NC(=O)Cn1cc(Br)c(=O)[nH]c1=O)c1ccc(S(N)(=O)=O)cc1. The number of hydrogen-bond acceptors (Lipinski definition) is 5. The molecule has 0 radical (unpaired) electrons. The van der Waals surface area contributed by atoms with Gasteiger partial charge in [-0.25, -0.2) is 18.4 Å². The van der Waals surface area contributed by atoms with Gasteiger partial charge in [0.2, 0.25) is 15.9 Å². The summed E-state index contributed by atoms with van der Waals surface area (Å²) in [7, 11) is -3.78. The number of halogens is 1. The molecular formula is C14H15BrN4O5S. The molecule has 0 unspecified atom stereocenters. The Balaban J connectivity index is 2.09. The quantitative estimate of drug-likeness (QED) is 0.602. The highest BCUT2D eigenvalue weighted by molar-refractivity contribution is 9.10. The number of hydrogen-bond donors (Lipinski definition) is 3. The molecule has 11 heteroatoms. The number of H-pyrrole nitrogens is 1. The molecule has 2 rings (SSSR count). The van der Waals surface area contributed by atoms with Crippen molar-refractivity contribution in [2.24, 2.45) is 5.14 Å². The first kappa shape index (κ1) is 19.1. The van der Waals surface area contributed by atoms with Crippen LogP contribution in [0.25, 0.3) is 0 Å². The van der Waals surface area contributed by atoms with Gasteiger partial charge in [-0.1, -0.05) is 12.1 Å². The summed E-state index contributed by atoms with van der Waals surface area (Å²) >= 11 is 2.99. The van der Waals surface area contributed by atoms with E-state index in [1.807, 2.05) is 0 Å². The predicted octanol–water partition coefficient (Wildman–Crippen LogP) is -0.176. The lowest BCUT2D eigenvalue weighted by Crippen LogP contribution is -2.36. The third-order valence-corrected chi connectivity index (χ3v) is 4.86. The van der Waals surface area contributed by atoms with E-state index in [4.69, 9.17) is 5.14 Å². The van der Waals surface area contributed by atoms with Gasteiger partial charge in [0.15, 0.2) is 0 Å². The Bertz CT molecular complexity index is 1010. The van der Waals surface area contributed by atoms with Crippen molar-refractivity contribution in [3.63, 3.8) is 0 Å². The zero-order valence-corrected chi connectivity index (χ0v) is 15.4. The van der Waals surface area contributed by atoms with Gasteiger partial charge in [-0.2, -0.15) is 0 Å². The van der Waals surface area contributed by atoms with Gasteiger partial charge in [-0.3, -0.25) is 19.1 Å². The minimum atomic E-state index is -3.78. The topological polar surface area (TPSA) is 144 Å². The number of sulfonamides is 1. The molecule has 2 aromatic rings. The first-order valence-corrected chi connectivity index (χ1v) is 9.33. The number of rotatable bonds is 5. The molecule has 1 aromatic heterocycles. The maximum absolute atomic E-state index is 12.1. The van der Waals surface area contributed by atoms with Crippen molar-refractivity contribution in [2.45, 2.75) is 24.4 Å². The average Bonchev–Trinajstić information content (AvgIpc) is 2.51. The molecule has 0 aliphatic heterocycles. The van der Waals surface area contributed by atoms with Crippen molar-refractivity contribution < 1.29 is 13.2 Å². The molecule has 25 heavy (non-hydrogen) atoms. The van der Waals surface area contributed by atoms with Crippen molar-refractivity contribution >= 4 is 31.9 Å². The van der Waals surface area contributed by atoms with Crippen LogP contribution in [-0.2, 0) is 21.4 Å². The summed E-state index contributed by atoms with van der Waals surface area (Å²) in [5, 5.41) is 7.71. The van der Waals surface area contributed by atoms with E-state index in [1.54, 1.807) is 6.92 Å². The molecule has 1 amide bonds. The largest absolute Gasteiger partial charge is 0.348 e. The summed E-state index contributed by atoms with van der Waals surface area (Å²) in [4.78, 5) is 37.0. The van der Waals surface area contributed by atoms with Gasteiger partial charge in [-0.15, -0.1) is 0 Å². The van der Waals surface area contributed by atoms with Crippen molar-refractivity contribution in [1.82, 2.24) is 14.9 Å². The zero-order valence-electron chi connectivity index (χ0n) is 13.0. The highest BCUT2D eigenvalue weighted by atomic mass is 79.9. The number of nitrogens with one attached hydrogen (secondary N) is 2. The molecule has 0 aliphatic rings. The normalized spacial score (nSPS) is 12.6. The fourth-order valence-corrected chi connectivity index (χ4v) is 2.93. The molecule has 9 nitrogen and oxygen atoms in total. The van der Waals surface area contributed by atoms with Gasteiger partial charge in [0.1, 0.15) is 6.54 Å². The lowest BCUT2D eigenvalue weighted by atomic mass is 10.1. The minimum absolute atomic E-state index is 0.0283. The smallest absolute Gasteiger partial charge is 0.328 e. The highest BCUT2D eigenvalue weighted by Crippen LogP contribution is 2.15. The Morgan fingerprint density at radius 2 is 1.92 bits per heavy atom. The zero-order chi connectivity index (χ0) is 18.8. The fourth-order valence-electron chi connectivity index (χ4n) is 2.07. The molecule has 0 saturated carbocycles. The van der Waals surface area contributed by atoms with Crippen LogP contribution in [-0.4, -0.2) is 23.9 Å². The van der Waals surface area contributed by atoms with Gasteiger partial charge in [0.25, 0.3) is 5.56 Å². The van der Waals surface area contributed by atoms with Crippen molar-refractivity contribution in [2.75, 3.05) is 0 Å². The Morgan fingerprint density at radius 3 is 2.48 bits per heavy atom. The van der Waals surface area contributed by atoms with E-state index in [1.165, 1.54) is 30.5 Å². The Hall–Kier alpha value is -2.24. The monoisotopic (exact) mass is 430 g/mol. The van der Waals surface area contributed by atoms with Crippen LogP contribution in [0.5, 0.6) is 0 Å². The number of carbonyl (C=O) groups is 1. The van der Waals surface area contributed by atoms with Crippen molar-refractivity contribution in [3.05, 3.63) is 61.3 Å². The van der Waals surface area contributed by atoms with E-state index in [9.17, 15) is 22.8 Å². The van der Waals surface area contributed by atoms with Crippen LogP contribution in [0.15, 0.2) is 49.4 Å². The van der Waals surface area contributed by atoms with E-state index >= 15 is 0 Å². The Morgan fingerprint density at radius 1 is 1.32 bits per heavy atom. The second-order valence-electron chi connectivity index (χ2n) is 5.27. The molecule has 1 aromatic carbocycles. The van der Waals surface area contributed by atoms with Crippen LogP contribution in [0.1, 0.15) is 18.5 Å². The lowest BCUT2D eigenvalue weighted by Gasteiger charge is -2.15. The Labute approximate surface area is 151 Å². The van der Waals surface area contributed by atoms with E-state index in [-0.39, 0.29) is 15.9 Å². The third kappa shape index (κ3) is 4.87. The summed E-state index contributed by atoms with van der Waals surface area (Å²) in [6.07, 6.45) is 1.23. The molecular weight excluding hydrogens is 416 g/mol. The van der Waals surface area contributed by atoms with Crippen LogP contribution in [0.3, 0.4) is 0 Å². The number of nitrogens with zero attached hydrogens (tertiary/aromatic N) is 1. The van der Waals surface area contributed by atoms with Crippen LogP contribution < -0.4 is 21.7 Å². The number of primary sulfonamides is 1. The summed E-state index contributed by atoms with van der Waals surface area (Å²) in [5.74, 6) is -0.455. The number of aromatic amines is 1. The molecule has 1 heterocycles. The standard InChI is InChI=1S/C14H15BrN4O5S/c1-8(9-2-4-10(5-3-9)25(16,23)24)17-12(20)7-19-6-11(15)13(21)18-14(19)22/h2-6,8H,7H2,1H3,(H,17,20)(H2,16,23,24)(H,18,21,22)/t8-/m1/s1. The summed E-state index contributed by atoms with van der Waals surface area (Å²) in [6, 6.07) is 5.33. The average molecular weight is 431 g/mol. The fraction of sp³-hybridized carbons (Fsp3) is 0.214. The van der Waals surface area contributed by atoms with E-state index in [0.29, 0.717) is 5.56 Å². The maximum Gasteiger partial charge on any atom is 0.328 e. The van der Waals surface area contributed by atoms with Crippen LogP contribution in [0, 0.1) is 0 Å². The number of aromatic nitrogens is 2. The van der Waals surface area contributed by atoms with Crippen LogP contribution in [0.4, 0.5) is 0 Å². The van der Waals surface area contributed by atoms with E-state index in [0.717, 1.165) is 4.57 Å². The molecule has 0 fully saturated rings. The Kier molecular flexibility index (Phi) is 5.60. The van der Waals surface area contributed by atoms with E-state index < -0.39 is 33.2 Å². The predicted molar refractivity (Wildman–Crippen MR) is 93.4 cm³/mol. The lowest BCUT2D eigenvalue weighted by molar-refractivity contribution is -0.122. The molecule has 1 atom stereocenters. The molecule has 4 N–H and O–H groups in total. The minimum Gasteiger partial charge on any atom is -0.348 e. The first-order chi connectivity index (χ1) is 11.6. The highest BCUT2D eigenvalue weighted by Gasteiger charge is 2.13. The van der Waals surface area contributed by atoms with Crippen molar-refractivity contribution in [3.8, 4) is 0 Å². The number of amides is 1. The molecule has 0 saturated heterocycles. The third-order valence-electron chi connectivity index (χ3n) is 3.37. The summed E-state index contributed by atoms with van der Waals surface area (Å²) in [5.41, 5.74) is -0.616. The first-order valence-electron chi connectivity index (χ1n) is 6.99. The summed E-state index contributed by atoms with van der Waals surface area (Å²) < 4.78 is 23.6. The van der Waals surface area contributed by atoms with Gasteiger partial charge in [0.05, 0.1) is 15.4 Å². The number of nitrogens with two attached hydrogens (primary N) is 1. The second-order valence-corrected chi connectivity index (χ2v) is 7.68. The van der Waals surface area contributed by atoms with Gasteiger partial charge < -0.3 is 5.32 Å². The van der Waals surface area contributed by atoms with Crippen molar-refractivity contribution in [1.29, 1.82) is 0 Å². The molecule has 0 bridgehead atoms. The molecule has 0 spiro atoms. The number of benzene rings is 1. The van der Waals surface area contributed by atoms with Gasteiger partial charge in [-0.05, 0) is 40.5 Å². The van der Waals surface area contributed by atoms with Gasteiger partial charge >= 0.3 is 5.69 Å². The number of carbonyl (C=O) groups excluding carboxylic acids is 1. The maximum atomic E-state index is 12.1. The summed E-state index contributed by atoms with van der Waals surface area (Å²) in [6.45, 7) is 1.42. The van der Waals surface area contributed by atoms with Gasteiger partial charge in [0, 0.05) is 6.20 Å². The van der Waals surface area contributed by atoms with Crippen LogP contribution in [0.2, 0.25) is 0 Å². The molecule has 134 valence electrons. The molecule has 0 aliphatic carbocycles. The van der Waals surface area contributed by atoms with E-state index in [2.05, 4.69) is 26.2 Å². The second kappa shape index (κ2) is 7.33. The van der Waals surface area contributed by atoms with Crippen LogP contribution >= 0.6 is 15.9 Å².